The second-order valence-electron chi connectivity index (χ2n) is 19.5. The Morgan fingerprint density at radius 1 is 0.492 bits per heavy atom. The lowest BCUT2D eigenvalue weighted by Crippen LogP contribution is -2.39. The number of benzene rings is 7. The zero-order valence-electron chi connectivity index (χ0n) is 36.8. The molecule has 0 fully saturated rings. The van der Waals surface area contributed by atoms with E-state index in [2.05, 4.69) is 215 Å². The molecule has 0 bridgehead atoms. The van der Waals surface area contributed by atoms with E-state index in [0.29, 0.717) is 0 Å². The molecule has 7 aromatic carbocycles. The van der Waals surface area contributed by atoms with Gasteiger partial charge in [0.15, 0.2) is 0 Å². The zero-order valence-corrected chi connectivity index (χ0v) is 36.8. The first kappa shape index (κ1) is 37.5. The van der Waals surface area contributed by atoms with E-state index in [4.69, 9.17) is 14.7 Å². The molecule has 0 amide bonds. The average molecular weight is 817 g/mol. The maximum Gasteiger partial charge on any atom is 0.220 e. The highest BCUT2D eigenvalue weighted by molar-refractivity contribution is 6.04. The van der Waals surface area contributed by atoms with Crippen molar-refractivity contribution in [2.24, 2.45) is 0 Å². The molecule has 0 radical (unpaired) electrons. The molecule has 0 N–H and O–H groups in total. The average Bonchev–Trinajstić information content (AvgIpc) is 3.81. The highest BCUT2D eigenvalue weighted by Crippen LogP contribution is 2.57. The summed E-state index contributed by atoms with van der Waals surface area (Å²) in [4.78, 5) is 10.2. The molecule has 4 heterocycles. The van der Waals surface area contributed by atoms with Crippen molar-refractivity contribution in [3.8, 4) is 73.0 Å². The Morgan fingerprint density at radius 2 is 1.10 bits per heavy atom. The largest absolute Gasteiger partial charge is 0.456 e. The Kier molecular flexibility index (Phi) is 7.82. The summed E-state index contributed by atoms with van der Waals surface area (Å²) in [5.74, 6) is 2.67. The molecule has 0 atom stereocenters. The Bertz CT molecular complexity index is 3540. The van der Waals surface area contributed by atoms with Gasteiger partial charge in [-0.25, -0.2) is 4.98 Å². The highest BCUT2D eigenvalue weighted by atomic mass is 16.5. The van der Waals surface area contributed by atoms with Crippen molar-refractivity contribution in [3.63, 3.8) is 0 Å². The van der Waals surface area contributed by atoms with E-state index in [1.54, 1.807) is 0 Å². The Labute approximate surface area is 368 Å². The van der Waals surface area contributed by atoms with Crippen LogP contribution in [0.5, 0.6) is 11.5 Å². The lowest BCUT2D eigenvalue weighted by molar-refractivity contribution is 0.306. The number of pyridine rings is 1. The van der Waals surface area contributed by atoms with Gasteiger partial charge < -0.3 is 4.74 Å². The van der Waals surface area contributed by atoms with Gasteiger partial charge in [-0.05, 0) is 105 Å². The van der Waals surface area contributed by atoms with Crippen LogP contribution in [-0.4, -0.2) is 18.9 Å². The van der Waals surface area contributed by atoms with Crippen molar-refractivity contribution in [2.75, 3.05) is 0 Å². The van der Waals surface area contributed by atoms with E-state index in [1.807, 2.05) is 6.20 Å². The molecule has 1 aliphatic carbocycles. The van der Waals surface area contributed by atoms with Crippen LogP contribution in [0.1, 0.15) is 65.2 Å². The van der Waals surface area contributed by atoms with E-state index in [0.717, 1.165) is 73.0 Å². The van der Waals surface area contributed by atoms with Crippen molar-refractivity contribution in [2.45, 2.75) is 64.7 Å². The van der Waals surface area contributed by atoms with E-state index >= 15 is 0 Å². The molecule has 306 valence electrons. The van der Waals surface area contributed by atoms with Gasteiger partial charge in [-0.15, -0.1) is 0 Å². The van der Waals surface area contributed by atoms with Gasteiger partial charge in [0.05, 0.1) is 27.8 Å². The van der Waals surface area contributed by atoms with Crippen LogP contribution < -0.4 is 4.74 Å². The first-order valence-electron chi connectivity index (χ1n) is 22.1. The third-order valence-corrected chi connectivity index (χ3v) is 14.5. The molecule has 1 aliphatic heterocycles. The van der Waals surface area contributed by atoms with Crippen LogP contribution in [0.15, 0.2) is 164 Å². The maximum absolute atomic E-state index is 7.44. The van der Waals surface area contributed by atoms with Gasteiger partial charge in [-0.1, -0.05) is 146 Å². The molecule has 5 nitrogen and oxygen atoms in total. The van der Waals surface area contributed by atoms with E-state index in [-0.39, 0.29) is 16.2 Å². The molecule has 12 rings (SSSR count). The monoisotopic (exact) mass is 816 g/mol. The second kappa shape index (κ2) is 13.1. The number of fused-ring (bicyclic) bond motifs is 15. The van der Waals surface area contributed by atoms with Gasteiger partial charge in [-0.3, -0.25) is 14.0 Å². The SMILES string of the molecule is CC(C)(C)c1cc2c(cc1-c1cccc3c1Oc1ccc(-n4c5ccccc5n5c6ccccc6nc45)cc1C(C)(C)C3(C)C)-c1ccccc1-c1ncccc1-c1ccccc1-2. The van der Waals surface area contributed by atoms with Crippen molar-refractivity contribution in [1.82, 2.24) is 18.9 Å². The quantitative estimate of drug-likeness (QED) is 0.175. The standard InChI is InChI=1S/C58H48N4O/c1-56(2,3)46-34-43-37-19-9-8-18-36(37)40-23-17-31-59-53(40)39-21-11-10-20-38(39)42(43)33-44(46)41-22-16-24-45-54(41)63-52-30-29-35(32-47(52)58(6,7)57(45,4)5)61-50-27-14-15-28-51(50)62-49-26-13-12-25-48(49)60-55(61)62/h8-34H,1-7H3. The highest BCUT2D eigenvalue weighted by Gasteiger charge is 2.46. The molecule has 0 spiro atoms. The van der Waals surface area contributed by atoms with Gasteiger partial charge in [0.25, 0.3) is 0 Å². The van der Waals surface area contributed by atoms with Crippen molar-refractivity contribution in [3.05, 3.63) is 181 Å². The molecule has 0 saturated carbocycles. The number of aromatic nitrogens is 4. The molecule has 0 unspecified atom stereocenters. The minimum atomic E-state index is -0.344. The fraction of sp³-hybridized carbons (Fsp3) is 0.172. The zero-order chi connectivity index (χ0) is 43.0. The maximum atomic E-state index is 7.44. The van der Waals surface area contributed by atoms with Gasteiger partial charge in [0, 0.05) is 50.5 Å². The third kappa shape index (κ3) is 5.29. The lowest BCUT2D eigenvalue weighted by Gasteiger charge is -2.41. The Morgan fingerprint density at radius 3 is 1.86 bits per heavy atom. The molecule has 3 aromatic heterocycles. The van der Waals surface area contributed by atoms with Gasteiger partial charge in [0.2, 0.25) is 5.78 Å². The molecule has 2 aliphatic rings. The Hall–Kier alpha value is -7.24. The van der Waals surface area contributed by atoms with Gasteiger partial charge in [0.1, 0.15) is 11.5 Å². The minimum absolute atomic E-state index is 0.196. The number of ether oxygens (including phenoxy) is 1. The number of hydrogen-bond acceptors (Lipinski definition) is 3. The predicted molar refractivity (Wildman–Crippen MR) is 259 cm³/mol. The van der Waals surface area contributed by atoms with Crippen LogP contribution in [-0.2, 0) is 16.2 Å². The number of para-hydroxylation sites is 5. The van der Waals surface area contributed by atoms with E-state index < -0.39 is 0 Å². The summed E-state index contributed by atoms with van der Waals surface area (Å²) < 4.78 is 12.0. The molecule has 5 heteroatoms. The molecular weight excluding hydrogens is 769 g/mol. The summed E-state index contributed by atoms with van der Waals surface area (Å²) in [6.45, 7) is 16.5. The minimum Gasteiger partial charge on any atom is -0.456 e. The van der Waals surface area contributed by atoms with Crippen LogP contribution in [0, 0.1) is 0 Å². The van der Waals surface area contributed by atoms with Crippen molar-refractivity contribution < 1.29 is 4.74 Å². The first-order valence-corrected chi connectivity index (χ1v) is 22.1. The van der Waals surface area contributed by atoms with Crippen LogP contribution >= 0.6 is 0 Å². The van der Waals surface area contributed by atoms with Crippen LogP contribution in [0.4, 0.5) is 0 Å². The fourth-order valence-electron chi connectivity index (χ4n) is 10.6. The summed E-state index contributed by atoms with van der Waals surface area (Å²) >= 11 is 0. The lowest BCUT2D eigenvalue weighted by atomic mass is 9.61. The number of rotatable bonds is 2. The molecule has 10 aromatic rings. The fourth-order valence-corrected chi connectivity index (χ4v) is 10.6. The summed E-state index contributed by atoms with van der Waals surface area (Å²) in [6.07, 6.45) is 1.91. The van der Waals surface area contributed by atoms with Crippen LogP contribution in [0.25, 0.3) is 89.3 Å². The second-order valence-corrected chi connectivity index (χ2v) is 19.5. The third-order valence-electron chi connectivity index (χ3n) is 14.5. The van der Waals surface area contributed by atoms with Gasteiger partial charge >= 0.3 is 0 Å². The number of imidazole rings is 2. The van der Waals surface area contributed by atoms with Crippen molar-refractivity contribution in [1.29, 1.82) is 0 Å². The summed E-state index contributed by atoms with van der Waals surface area (Å²) in [5.41, 5.74) is 19.6. The van der Waals surface area contributed by atoms with E-state index in [9.17, 15) is 0 Å². The first-order chi connectivity index (χ1) is 30.4. The topological polar surface area (TPSA) is 44.4 Å². The smallest absolute Gasteiger partial charge is 0.220 e. The van der Waals surface area contributed by atoms with E-state index in [1.165, 1.54) is 44.5 Å². The Balaban J connectivity index is 1.09. The molecule has 63 heavy (non-hydrogen) atoms. The van der Waals surface area contributed by atoms with Gasteiger partial charge in [-0.2, -0.15) is 0 Å². The predicted octanol–water partition coefficient (Wildman–Crippen LogP) is 15.1. The summed E-state index contributed by atoms with van der Waals surface area (Å²) in [6, 6.07) is 57.3. The molecular formula is C58H48N4O. The van der Waals surface area contributed by atoms with Crippen LogP contribution in [0.3, 0.4) is 0 Å². The summed E-state index contributed by atoms with van der Waals surface area (Å²) in [7, 11) is 0. The number of nitrogens with zero attached hydrogens (tertiary/aromatic N) is 4. The van der Waals surface area contributed by atoms with Crippen molar-refractivity contribution >= 4 is 27.8 Å². The van der Waals surface area contributed by atoms with Crippen LogP contribution in [0.2, 0.25) is 0 Å². The summed E-state index contributed by atoms with van der Waals surface area (Å²) in [5, 5.41) is 0. The molecule has 0 saturated heterocycles. The normalized spacial score (nSPS) is 14.7. The number of hydrogen-bond donors (Lipinski definition) is 0.